The molecule has 0 bridgehead atoms. The topological polar surface area (TPSA) is 53.4 Å². The summed E-state index contributed by atoms with van der Waals surface area (Å²) < 4.78 is 39.8. The fraction of sp³-hybridized carbons (Fsp3) is 0.333. The van der Waals surface area contributed by atoms with Gasteiger partial charge in [-0.25, -0.2) is 0 Å². The molecule has 2 aromatic rings. The summed E-state index contributed by atoms with van der Waals surface area (Å²) in [5.74, 6) is -1.21. The maximum atomic E-state index is 13.3. The van der Waals surface area contributed by atoms with Crippen molar-refractivity contribution in [1.29, 1.82) is 0 Å². The first-order valence-electron chi connectivity index (χ1n) is 7.91. The lowest BCUT2D eigenvalue weighted by molar-refractivity contribution is -0.145. The van der Waals surface area contributed by atoms with E-state index in [-0.39, 0.29) is 11.5 Å². The lowest BCUT2D eigenvalue weighted by Crippen LogP contribution is -2.33. The molecule has 1 aliphatic heterocycles. The van der Waals surface area contributed by atoms with Crippen LogP contribution >= 0.6 is 0 Å². The molecule has 1 saturated heterocycles. The highest BCUT2D eigenvalue weighted by atomic mass is 19.4. The summed E-state index contributed by atoms with van der Waals surface area (Å²) in [6.07, 6.45) is -0.542. The number of pyridine rings is 1. The van der Waals surface area contributed by atoms with Crippen LogP contribution in [0.1, 0.15) is 35.1 Å². The van der Waals surface area contributed by atoms with Crippen molar-refractivity contribution in [1.82, 2.24) is 9.88 Å². The molecule has 2 heterocycles. The Bertz CT molecular complexity index is 749. The summed E-state index contributed by atoms with van der Waals surface area (Å²) in [6.45, 7) is 0.803. The zero-order valence-corrected chi connectivity index (χ0v) is 13.3. The van der Waals surface area contributed by atoms with Crippen LogP contribution < -0.4 is 0 Å². The molecule has 0 radical (unpaired) electrons. The van der Waals surface area contributed by atoms with Crippen LogP contribution in [0, 0.1) is 0 Å². The number of alkyl halides is 3. The number of hydrogen-bond acceptors (Lipinski definition) is 3. The SMILES string of the molecule is O=C(O)C(c1ccccc1C(F)(F)F)N1CCC(c2cccnc2)C1. The molecule has 1 N–H and O–H groups in total. The molecule has 2 atom stereocenters. The minimum absolute atomic E-state index is 0.0635. The van der Waals surface area contributed by atoms with Crippen molar-refractivity contribution in [3.63, 3.8) is 0 Å². The minimum atomic E-state index is -4.59. The van der Waals surface area contributed by atoms with Gasteiger partial charge in [0.05, 0.1) is 5.56 Å². The molecular weight excluding hydrogens is 333 g/mol. The van der Waals surface area contributed by atoms with Crippen molar-refractivity contribution < 1.29 is 23.1 Å². The van der Waals surface area contributed by atoms with E-state index in [9.17, 15) is 23.1 Å². The van der Waals surface area contributed by atoms with E-state index in [1.165, 1.54) is 18.2 Å². The summed E-state index contributed by atoms with van der Waals surface area (Å²) in [5, 5.41) is 9.61. The fourth-order valence-electron chi connectivity index (χ4n) is 3.39. The van der Waals surface area contributed by atoms with Crippen LogP contribution in [0.4, 0.5) is 13.2 Å². The smallest absolute Gasteiger partial charge is 0.416 e. The number of carboxylic acids is 1. The Balaban J connectivity index is 1.90. The Kier molecular flexibility index (Phi) is 4.76. The van der Waals surface area contributed by atoms with Crippen LogP contribution in [-0.4, -0.2) is 34.0 Å². The van der Waals surface area contributed by atoms with E-state index in [1.807, 2.05) is 6.07 Å². The molecular formula is C18H17F3N2O2. The lowest BCUT2D eigenvalue weighted by atomic mass is 9.98. The third-order valence-corrected chi connectivity index (χ3v) is 4.54. The first kappa shape index (κ1) is 17.4. The van der Waals surface area contributed by atoms with Crippen LogP contribution in [0.2, 0.25) is 0 Å². The van der Waals surface area contributed by atoms with E-state index in [2.05, 4.69) is 4.98 Å². The zero-order valence-electron chi connectivity index (χ0n) is 13.3. The molecule has 0 spiro atoms. The number of benzene rings is 1. The quantitative estimate of drug-likeness (QED) is 0.913. The number of hydrogen-bond donors (Lipinski definition) is 1. The number of halogens is 3. The van der Waals surface area contributed by atoms with E-state index >= 15 is 0 Å². The highest BCUT2D eigenvalue weighted by Gasteiger charge is 2.40. The lowest BCUT2D eigenvalue weighted by Gasteiger charge is -2.27. The summed E-state index contributed by atoms with van der Waals surface area (Å²) in [6, 6.07) is 7.27. The average Bonchev–Trinajstić information content (AvgIpc) is 3.04. The van der Waals surface area contributed by atoms with Gasteiger partial charge in [0, 0.05) is 18.9 Å². The third-order valence-electron chi connectivity index (χ3n) is 4.54. The number of aliphatic carboxylic acids is 1. The molecule has 1 aliphatic rings. The summed E-state index contributed by atoms with van der Waals surface area (Å²) in [5.41, 5.74) is -0.139. The van der Waals surface area contributed by atoms with Crippen LogP contribution in [-0.2, 0) is 11.0 Å². The molecule has 0 saturated carbocycles. The number of aromatic nitrogens is 1. The molecule has 25 heavy (non-hydrogen) atoms. The number of likely N-dealkylation sites (tertiary alicyclic amines) is 1. The van der Waals surface area contributed by atoms with Gasteiger partial charge in [0.2, 0.25) is 0 Å². The van der Waals surface area contributed by atoms with Crippen molar-refractivity contribution in [2.45, 2.75) is 24.6 Å². The third kappa shape index (κ3) is 3.66. The van der Waals surface area contributed by atoms with Gasteiger partial charge < -0.3 is 5.11 Å². The summed E-state index contributed by atoms with van der Waals surface area (Å²) in [7, 11) is 0. The first-order valence-corrected chi connectivity index (χ1v) is 7.91. The number of carbonyl (C=O) groups is 1. The Morgan fingerprint density at radius 2 is 2.00 bits per heavy atom. The zero-order chi connectivity index (χ0) is 18.0. The van der Waals surface area contributed by atoms with E-state index in [1.54, 1.807) is 23.4 Å². The Labute approximate surface area is 142 Å². The van der Waals surface area contributed by atoms with Crippen molar-refractivity contribution in [2.24, 2.45) is 0 Å². The van der Waals surface area contributed by atoms with E-state index < -0.39 is 23.8 Å². The van der Waals surface area contributed by atoms with Crippen molar-refractivity contribution in [2.75, 3.05) is 13.1 Å². The number of rotatable bonds is 4. The molecule has 132 valence electrons. The largest absolute Gasteiger partial charge is 0.480 e. The Morgan fingerprint density at radius 1 is 1.24 bits per heavy atom. The fourth-order valence-corrected chi connectivity index (χ4v) is 3.39. The predicted octanol–water partition coefficient (Wildman–Crippen LogP) is 3.72. The Hall–Kier alpha value is -2.41. The number of nitrogens with zero attached hydrogens (tertiary/aromatic N) is 2. The highest BCUT2D eigenvalue weighted by Crippen LogP contribution is 2.39. The molecule has 2 unspecified atom stereocenters. The first-order chi connectivity index (χ1) is 11.9. The normalized spacial score (nSPS) is 19.7. The molecule has 1 aromatic heterocycles. The van der Waals surface area contributed by atoms with Crippen LogP contribution in [0.15, 0.2) is 48.8 Å². The molecule has 0 aliphatic carbocycles. The van der Waals surface area contributed by atoms with Gasteiger partial charge in [-0.2, -0.15) is 13.2 Å². The maximum Gasteiger partial charge on any atom is 0.416 e. The van der Waals surface area contributed by atoms with Crippen LogP contribution in [0.5, 0.6) is 0 Å². The predicted molar refractivity (Wildman–Crippen MR) is 85.0 cm³/mol. The van der Waals surface area contributed by atoms with Gasteiger partial charge in [0.1, 0.15) is 6.04 Å². The second-order valence-corrected chi connectivity index (χ2v) is 6.09. The van der Waals surface area contributed by atoms with Gasteiger partial charge in [-0.05, 0) is 42.1 Å². The van der Waals surface area contributed by atoms with E-state index in [4.69, 9.17) is 0 Å². The minimum Gasteiger partial charge on any atom is -0.480 e. The van der Waals surface area contributed by atoms with Gasteiger partial charge in [-0.3, -0.25) is 14.7 Å². The Morgan fingerprint density at radius 3 is 2.64 bits per heavy atom. The summed E-state index contributed by atoms with van der Waals surface area (Å²) >= 11 is 0. The standard InChI is InChI=1S/C18H17F3N2O2/c19-18(20,21)15-6-2-1-5-14(15)16(17(24)25)23-9-7-13(11-23)12-4-3-8-22-10-12/h1-6,8,10,13,16H,7,9,11H2,(H,24,25). The van der Waals surface area contributed by atoms with Gasteiger partial charge in [0.15, 0.2) is 0 Å². The highest BCUT2D eigenvalue weighted by molar-refractivity contribution is 5.76. The summed E-state index contributed by atoms with van der Waals surface area (Å²) in [4.78, 5) is 17.4. The molecule has 1 aromatic carbocycles. The van der Waals surface area contributed by atoms with Crippen LogP contribution in [0.25, 0.3) is 0 Å². The van der Waals surface area contributed by atoms with Gasteiger partial charge in [-0.1, -0.05) is 24.3 Å². The number of carboxylic acid groups (broad SMARTS) is 1. The van der Waals surface area contributed by atoms with Crippen molar-refractivity contribution in [3.8, 4) is 0 Å². The van der Waals surface area contributed by atoms with Crippen LogP contribution in [0.3, 0.4) is 0 Å². The van der Waals surface area contributed by atoms with Gasteiger partial charge >= 0.3 is 12.1 Å². The second-order valence-electron chi connectivity index (χ2n) is 6.09. The molecule has 0 amide bonds. The van der Waals surface area contributed by atoms with Gasteiger partial charge in [-0.15, -0.1) is 0 Å². The molecule has 7 heteroatoms. The van der Waals surface area contributed by atoms with E-state index in [0.29, 0.717) is 19.5 Å². The second kappa shape index (κ2) is 6.84. The molecule has 4 nitrogen and oxygen atoms in total. The average molecular weight is 350 g/mol. The van der Waals surface area contributed by atoms with Gasteiger partial charge in [0.25, 0.3) is 0 Å². The maximum absolute atomic E-state index is 13.3. The monoisotopic (exact) mass is 350 g/mol. The van der Waals surface area contributed by atoms with E-state index in [0.717, 1.165) is 11.6 Å². The van der Waals surface area contributed by atoms with Crippen molar-refractivity contribution >= 4 is 5.97 Å². The van der Waals surface area contributed by atoms with Crippen molar-refractivity contribution in [3.05, 3.63) is 65.5 Å². The molecule has 3 rings (SSSR count). The molecule has 1 fully saturated rings.